The maximum Gasteiger partial charge on any atom is 0.275 e. The third-order valence-corrected chi connectivity index (χ3v) is 5.20. The van der Waals surface area contributed by atoms with Crippen LogP contribution in [0.5, 0.6) is 0 Å². The van der Waals surface area contributed by atoms with Crippen molar-refractivity contribution < 1.29 is 9.59 Å². The fraction of sp³-hybridized carbons (Fsp3) is 0.250. The number of para-hydroxylation sites is 1. The number of aromatic nitrogens is 2. The lowest BCUT2D eigenvalue weighted by molar-refractivity contribution is -0.139. The van der Waals surface area contributed by atoms with Gasteiger partial charge in [0.1, 0.15) is 5.15 Å². The number of halogens is 1. The summed E-state index contributed by atoms with van der Waals surface area (Å²) in [6.07, 6.45) is 2.51. The van der Waals surface area contributed by atoms with E-state index in [1.54, 1.807) is 12.1 Å². The fourth-order valence-corrected chi connectivity index (χ4v) is 3.77. The van der Waals surface area contributed by atoms with Crippen LogP contribution in [0.15, 0.2) is 42.6 Å². The quantitative estimate of drug-likeness (QED) is 0.706. The Morgan fingerprint density at radius 1 is 1.15 bits per heavy atom. The van der Waals surface area contributed by atoms with Gasteiger partial charge in [0.15, 0.2) is 0 Å². The molecule has 138 valence electrons. The summed E-state index contributed by atoms with van der Waals surface area (Å²) in [5.41, 5.74) is 3.25. The second-order valence-corrected chi connectivity index (χ2v) is 6.95. The molecular formula is C20H19ClN4O2. The average Bonchev–Trinajstić information content (AvgIpc) is 3.27. The van der Waals surface area contributed by atoms with Crippen molar-refractivity contribution in [1.82, 2.24) is 20.0 Å². The summed E-state index contributed by atoms with van der Waals surface area (Å²) in [6, 6.07) is 11.2. The van der Waals surface area contributed by atoms with Crippen molar-refractivity contribution in [2.75, 3.05) is 13.1 Å². The lowest BCUT2D eigenvalue weighted by Crippen LogP contribution is -2.45. The summed E-state index contributed by atoms with van der Waals surface area (Å²) in [5.74, 6) is -0.400. The molecule has 2 amide bonds. The maximum absolute atomic E-state index is 13.0. The summed E-state index contributed by atoms with van der Waals surface area (Å²) in [6.45, 7) is 2.97. The molecule has 4 rings (SSSR count). The highest BCUT2D eigenvalue weighted by Crippen LogP contribution is 2.25. The SMILES string of the molecule is Cc1[nH]c2ccccc2c1CC(=O)N1CCCN1C(=O)c1cccnc1Cl. The highest BCUT2D eigenvalue weighted by Gasteiger charge is 2.32. The summed E-state index contributed by atoms with van der Waals surface area (Å²) in [5, 5.41) is 4.20. The largest absolute Gasteiger partial charge is 0.358 e. The first-order valence-corrected chi connectivity index (χ1v) is 9.23. The van der Waals surface area contributed by atoms with Crippen LogP contribution in [0, 0.1) is 6.92 Å². The van der Waals surface area contributed by atoms with Crippen molar-refractivity contribution in [1.29, 1.82) is 0 Å². The average molecular weight is 383 g/mol. The van der Waals surface area contributed by atoms with Crippen LogP contribution < -0.4 is 0 Å². The van der Waals surface area contributed by atoms with Crippen molar-refractivity contribution in [2.45, 2.75) is 19.8 Å². The predicted molar refractivity (Wildman–Crippen MR) is 103 cm³/mol. The van der Waals surface area contributed by atoms with Crippen LogP contribution in [0.4, 0.5) is 0 Å². The number of rotatable bonds is 3. The predicted octanol–water partition coefficient (Wildman–Crippen LogP) is 3.36. The van der Waals surface area contributed by atoms with Gasteiger partial charge >= 0.3 is 0 Å². The van der Waals surface area contributed by atoms with E-state index in [0.29, 0.717) is 18.7 Å². The van der Waals surface area contributed by atoms with Crippen molar-refractivity contribution in [3.05, 3.63) is 64.6 Å². The standard InChI is InChI=1S/C20H19ClN4O2/c1-13-16(14-6-2-3-8-17(14)23-13)12-18(26)24-10-5-11-25(24)20(27)15-7-4-9-22-19(15)21/h2-4,6-9,23H,5,10-12H2,1H3. The number of hydrazine groups is 1. The third-order valence-electron chi connectivity index (χ3n) is 4.90. The lowest BCUT2D eigenvalue weighted by atomic mass is 10.1. The van der Waals surface area contributed by atoms with Gasteiger partial charge in [0.2, 0.25) is 5.91 Å². The monoisotopic (exact) mass is 382 g/mol. The van der Waals surface area contributed by atoms with Gasteiger partial charge in [-0.3, -0.25) is 14.6 Å². The Balaban J connectivity index is 1.58. The molecule has 27 heavy (non-hydrogen) atoms. The topological polar surface area (TPSA) is 69.3 Å². The third kappa shape index (κ3) is 3.17. The van der Waals surface area contributed by atoms with Crippen LogP contribution in [0.3, 0.4) is 0 Å². The summed E-state index contributed by atoms with van der Waals surface area (Å²) < 4.78 is 0. The Bertz CT molecular complexity index is 1030. The normalized spacial score (nSPS) is 14.1. The van der Waals surface area contributed by atoms with Gasteiger partial charge in [0.05, 0.1) is 12.0 Å². The molecule has 1 aromatic carbocycles. The Kier molecular flexibility index (Phi) is 4.58. The zero-order valence-corrected chi connectivity index (χ0v) is 15.7. The van der Waals surface area contributed by atoms with E-state index in [9.17, 15) is 9.59 Å². The Morgan fingerprint density at radius 2 is 1.93 bits per heavy atom. The second-order valence-electron chi connectivity index (χ2n) is 6.59. The smallest absolute Gasteiger partial charge is 0.275 e. The van der Waals surface area contributed by atoms with Gasteiger partial charge in [-0.25, -0.2) is 9.99 Å². The van der Waals surface area contributed by atoms with Gasteiger partial charge in [0.25, 0.3) is 5.91 Å². The van der Waals surface area contributed by atoms with E-state index in [4.69, 9.17) is 11.6 Å². The molecule has 6 nitrogen and oxygen atoms in total. The lowest BCUT2D eigenvalue weighted by Gasteiger charge is -2.28. The van der Waals surface area contributed by atoms with Gasteiger partial charge in [-0.15, -0.1) is 0 Å². The number of nitrogens with zero attached hydrogens (tertiary/aromatic N) is 3. The first kappa shape index (κ1) is 17.5. The summed E-state index contributed by atoms with van der Waals surface area (Å²) in [7, 11) is 0. The van der Waals surface area contributed by atoms with Crippen LogP contribution >= 0.6 is 11.6 Å². The van der Waals surface area contributed by atoms with E-state index in [1.165, 1.54) is 16.2 Å². The van der Waals surface area contributed by atoms with Gasteiger partial charge < -0.3 is 4.98 Å². The molecule has 3 heterocycles. The number of carbonyl (C=O) groups is 2. The molecule has 0 saturated carbocycles. The van der Waals surface area contributed by atoms with E-state index >= 15 is 0 Å². The van der Waals surface area contributed by atoms with Crippen molar-refractivity contribution >= 4 is 34.3 Å². The van der Waals surface area contributed by atoms with Crippen molar-refractivity contribution in [3.63, 3.8) is 0 Å². The van der Waals surface area contributed by atoms with Crippen LogP contribution in [-0.2, 0) is 11.2 Å². The molecule has 0 spiro atoms. The van der Waals surface area contributed by atoms with Gasteiger partial charge in [-0.05, 0) is 37.1 Å². The summed E-state index contributed by atoms with van der Waals surface area (Å²) in [4.78, 5) is 33.1. The van der Waals surface area contributed by atoms with Gasteiger partial charge in [-0.1, -0.05) is 29.8 Å². The fourth-order valence-electron chi connectivity index (χ4n) is 3.57. The first-order chi connectivity index (χ1) is 13.1. The van der Waals surface area contributed by atoms with E-state index in [0.717, 1.165) is 28.6 Å². The molecule has 0 bridgehead atoms. The number of benzene rings is 1. The van der Waals surface area contributed by atoms with E-state index in [2.05, 4.69) is 9.97 Å². The minimum atomic E-state index is -0.297. The number of aryl methyl sites for hydroxylation is 1. The molecule has 3 aromatic rings. The number of pyridine rings is 1. The number of H-pyrrole nitrogens is 1. The highest BCUT2D eigenvalue weighted by atomic mass is 35.5. The van der Waals surface area contributed by atoms with Crippen LogP contribution in [-0.4, -0.2) is 44.9 Å². The number of amides is 2. The molecule has 1 fully saturated rings. The molecule has 1 N–H and O–H groups in total. The number of aromatic amines is 1. The molecule has 1 saturated heterocycles. The van der Waals surface area contributed by atoms with Crippen molar-refractivity contribution in [3.8, 4) is 0 Å². The van der Waals surface area contributed by atoms with E-state index in [1.807, 2.05) is 31.2 Å². The van der Waals surface area contributed by atoms with Crippen LogP contribution in [0.1, 0.15) is 28.0 Å². The van der Waals surface area contributed by atoms with E-state index in [-0.39, 0.29) is 23.4 Å². The first-order valence-electron chi connectivity index (χ1n) is 8.85. The van der Waals surface area contributed by atoms with E-state index < -0.39 is 0 Å². The second kappa shape index (κ2) is 7.04. The molecule has 0 atom stereocenters. The maximum atomic E-state index is 13.0. The number of hydrogen-bond donors (Lipinski definition) is 1. The van der Waals surface area contributed by atoms with Gasteiger partial charge in [-0.2, -0.15) is 0 Å². The molecule has 7 heteroatoms. The van der Waals surface area contributed by atoms with Crippen LogP contribution in [0.2, 0.25) is 5.15 Å². The molecular weight excluding hydrogens is 364 g/mol. The Morgan fingerprint density at radius 3 is 2.74 bits per heavy atom. The number of fused-ring (bicyclic) bond motifs is 1. The molecule has 1 aliphatic heterocycles. The highest BCUT2D eigenvalue weighted by molar-refractivity contribution is 6.32. The van der Waals surface area contributed by atoms with Crippen molar-refractivity contribution in [2.24, 2.45) is 0 Å². The molecule has 0 unspecified atom stereocenters. The number of carbonyl (C=O) groups excluding carboxylic acids is 2. The minimum Gasteiger partial charge on any atom is -0.358 e. The molecule has 1 aliphatic rings. The van der Waals surface area contributed by atoms with Crippen LogP contribution in [0.25, 0.3) is 10.9 Å². The number of nitrogens with one attached hydrogen (secondary N) is 1. The summed E-state index contributed by atoms with van der Waals surface area (Å²) >= 11 is 6.06. The Hall–Kier alpha value is -2.86. The number of hydrogen-bond acceptors (Lipinski definition) is 3. The molecule has 0 radical (unpaired) electrons. The van der Waals surface area contributed by atoms with Gasteiger partial charge in [0, 0.05) is 35.9 Å². The minimum absolute atomic E-state index is 0.103. The molecule has 2 aromatic heterocycles. The Labute approximate surface area is 161 Å². The zero-order chi connectivity index (χ0) is 19.0. The molecule has 0 aliphatic carbocycles. The zero-order valence-electron chi connectivity index (χ0n) is 14.9.